The van der Waals surface area contributed by atoms with Crippen LogP contribution in [0.2, 0.25) is 0 Å². The number of aromatic nitrogens is 6. The molecule has 0 fully saturated rings. The minimum Gasteiger partial charge on any atom is -0.348 e. The molecule has 5 rings (SSSR count). The molecule has 5 heterocycles. The summed E-state index contributed by atoms with van der Waals surface area (Å²) >= 11 is 0. The van der Waals surface area contributed by atoms with Gasteiger partial charge in [-0.2, -0.15) is 14.5 Å². The van der Waals surface area contributed by atoms with Crippen molar-refractivity contribution in [2.24, 2.45) is 0 Å². The molecule has 1 aliphatic heterocycles. The van der Waals surface area contributed by atoms with Crippen LogP contribution < -0.4 is 4.90 Å². The number of nitrogens with zero attached hydrogens (tertiary/aromatic N) is 6. The molecule has 7 nitrogen and oxygen atoms in total. The van der Waals surface area contributed by atoms with Gasteiger partial charge in [0.15, 0.2) is 5.82 Å². The predicted octanol–water partition coefficient (Wildman–Crippen LogP) is 2.28. The highest BCUT2D eigenvalue weighted by molar-refractivity contribution is 5.54. The molecular formula is C17H13F2N7. The van der Waals surface area contributed by atoms with Crippen molar-refractivity contribution in [3.8, 4) is 0 Å². The minimum absolute atomic E-state index is 0.360. The Morgan fingerprint density at radius 3 is 3.00 bits per heavy atom. The number of nitrogens with one attached hydrogen (secondary N) is 1. The summed E-state index contributed by atoms with van der Waals surface area (Å²) in [6.45, 7) is 0.578. The van der Waals surface area contributed by atoms with E-state index in [0.717, 1.165) is 17.6 Å². The Morgan fingerprint density at radius 2 is 2.15 bits per heavy atom. The molecule has 0 radical (unpaired) electrons. The molecule has 0 spiro atoms. The van der Waals surface area contributed by atoms with Crippen LogP contribution in [0.3, 0.4) is 0 Å². The Balaban J connectivity index is 1.69. The quantitative estimate of drug-likeness (QED) is 0.598. The van der Waals surface area contributed by atoms with E-state index >= 15 is 0 Å². The SMILES string of the molecule is Fc1cncc(N2CCc3[nH]cnc3[C@@H]2c2cc3c(F)cccn3n2)n1. The first-order valence-corrected chi connectivity index (χ1v) is 8.11. The molecule has 0 amide bonds. The van der Waals surface area contributed by atoms with E-state index in [-0.39, 0.29) is 5.82 Å². The zero-order valence-corrected chi connectivity index (χ0v) is 13.5. The number of pyridine rings is 1. The van der Waals surface area contributed by atoms with Crippen molar-refractivity contribution < 1.29 is 8.78 Å². The molecule has 0 aliphatic carbocycles. The highest BCUT2D eigenvalue weighted by Gasteiger charge is 2.34. The summed E-state index contributed by atoms with van der Waals surface area (Å²) in [5.41, 5.74) is 2.73. The lowest BCUT2D eigenvalue weighted by Gasteiger charge is -2.34. The third kappa shape index (κ3) is 2.24. The van der Waals surface area contributed by atoms with Gasteiger partial charge in [-0.1, -0.05) is 0 Å². The van der Waals surface area contributed by atoms with Crippen molar-refractivity contribution in [2.45, 2.75) is 12.5 Å². The summed E-state index contributed by atoms with van der Waals surface area (Å²) in [5.74, 6) is -0.627. The van der Waals surface area contributed by atoms with Crippen molar-refractivity contribution in [1.29, 1.82) is 0 Å². The number of rotatable bonds is 2. The molecule has 0 unspecified atom stereocenters. The molecule has 26 heavy (non-hydrogen) atoms. The van der Waals surface area contributed by atoms with E-state index in [1.54, 1.807) is 24.7 Å². The first-order valence-electron chi connectivity index (χ1n) is 8.11. The van der Waals surface area contributed by atoms with Crippen LogP contribution in [0.4, 0.5) is 14.6 Å². The Bertz CT molecular complexity index is 1100. The average Bonchev–Trinajstić information content (AvgIpc) is 3.28. The fourth-order valence-electron chi connectivity index (χ4n) is 3.43. The number of imidazole rings is 1. The molecule has 4 aromatic rings. The maximum absolute atomic E-state index is 14.1. The molecule has 0 saturated heterocycles. The summed E-state index contributed by atoms with van der Waals surface area (Å²) in [6, 6.07) is 4.25. The number of aromatic amines is 1. The van der Waals surface area contributed by atoms with Gasteiger partial charge in [0, 0.05) is 24.9 Å². The Hall–Kier alpha value is -3.36. The van der Waals surface area contributed by atoms with E-state index < -0.39 is 12.0 Å². The van der Waals surface area contributed by atoms with Gasteiger partial charge in [-0.3, -0.25) is 4.98 Å². The molecule has 0 saturated carbocycles. The Morgan fingerprint density at radius 1 is 1.23 bits per heavy atom. The second-order valence-corrected chi connectivity index (χ2v) is 6.07. The Labute approximate surface area is 146 Å². The van der Waals surface area contributed by atoms with Crippen LogP contribution in [0, 0.1) is 11.8 Å². The number of halogens is 2. The highest BCUT2D eigenvalue weighted by Crippen LogP contribution is 2.35. The molecule has 4 aromatic heterocycles. The van der Waals surface area contributed by atoms with Gasteiger partial charge < -0.3 is 9.88 Å². The smallest absolute Gasteiger partial charge is 0.233 e. The van der Waals surface area contributed by atoms with Crippen LogP contribution in [-0.4, -0.2) is 36.1 Å². The number of hydrogen-bond donors (Lipinski definition) is 1. The lowest BCUT2D eigenvalue weighted by Crippen LogP contribution is -2.37. The van der Waals surface area contributed by atoms with Crippen LogP contribution >= 0.6 is 0 Å². The van der Waals surface area contributed by atoms with Crippen LogP contribution in [0.15, 0.2) is 43.1 Å². The molecule has 9 heteroatoms. The van der Waals surface area contributed by atoms with Crippen LogP contribution in [0.5, 0.6) is 0 Å². The Kier molecular flexibility index (Phi) is 3.21. The molecule has 0 aromatic carbocycles. The van der Waals surface area contributed by atoms with Crippen LogP contribution in [-0.2, 0) is 6.42 Å². The number of hydrogen-bond acceptors (Lipinski definition) is 5. The van der Waals surface area contributed by atoms with Crippen molar-refractivity contribution in [3.05, 3.63) is 72.0 Å². The first-order chi connectivity index (χ1) is 12.7. The fraction of sp³-hybridized carbons (Fsp3) is 0.176. The van der Waals surface area contributed by atoms with E-state index in [1.165, 1.54) is 16.8 Å². The van der Waals surface area contributed by atoms with Gasteiger partial charge in [0.2, 0.25) is 5.95 Å². The van der Waals surface area contributed by atoms with Crippen LogP contribution in [0.1, 0.15) is 23.1 Å². The second kappa shape index (κ2) is 5.58. The minimum atomic E-state index is -0.657. The van der Waals surface area contributed by atoms with E-state index in [2.05, 4.69) is 25.0 Å². The van der Waals surface area contributed by atoms with E-state index in [1.807, 2.05) is 4.90 Å². The fourth-order valence-corrected chi connectivity index (χ4v) is 3.43. The lowest BCUT2D eigenvalue weighted by molar-refractivity contribution is 0.558. The van der Waals surface area contributed by atoms with Crippen molar-refractivity contribution in [1.82, 2.24) is 29.5 Å². The van der Waals surface area contributed by atoms with Gasteiger partial charge in [0.05, 0.1) is 30.1 Å². The van der Waals surface area contributed by atoms with Gasteiger partial charge in [-0.05, 0) is 18.2 Å². The number of anilines is 1. The predicted molar refractivity (Wildman–Crippen MR) is 88.6 cm³/mol. The monoisotopic (exact) mass is 353 g/mol. The zero-order valence-electron chi connectivity index (χ0n) is 13.5. The second-order valence-electron chi connectivity index (χ2n) is 6.07. The summed E-state index contributed by atoms with van der Waals surface area (Å²) in [4.78, 5) is 17.3. The molecule has 130 valence electrons. The molecular weight excluding hydrogens is 340 g/mol. The van der Waals surface area contributed by atoms with Gasteiger partial charge in [-0.25, -0.2) is 13.9 Å². The summed E-state index contributed by atoms with van der Waals surface area (Å²) in [7, 11) is 0. The number of fused-ring (bicyclic) bond motifs is 2. The third-order valence-corrected chi connectivity index (χ3v) is 4.56. The van der Waals surface area contributed by atoms with Gasteiger partial charge in [0.25, 0.3) is 0 Å². The summed E-state index contributed by atoms with van der Waals surface area (Å²) in [5, 5.41) is 4.51. The molecule has 1 N–H and O–H groups in total. The van der Waals surface area contributed by atoms with E-state index in [4.69, 9.17) is 0 Å². The van der Waals surface area contributed by atoms with Gasteiger partial charge in [0.1, 0.15) is 17.4 Å². The number of H-pyrrole nitrogens is 1. The molecule has 1 aliphatic rings. The van der Waals surface area contributed by atoms with Crippen molar-refractivity contribution in [2.75, 3.05) is 11.4 Å². The maximum atomic E-state index is 14.1. The summed E-state index contributed by atoms with van der Waals surface area (Å²) in [6.07, 6.45) is 6.57. The van der Waals surface area contributed by atoms with Crippen LogP contribution in [0.25, 0.3) is 5.52 Å². The lowest BCUT2D eigenvalue weighted by atomic mass is 10.00. The van der Waals surface area contributed by atoms with Crippen molar-refractivity contribution >= 4 is 11.3 Å². The highest BCUT2D eigenvalue weighted by atomic mass is 19.1. The third-order valence-electron chi connectivity index (χ3n) is 4.56. The van der Waals surface area contributed by atoms with E-state index in [9.17, 15) is 8.78 Å². The zero-order chi connectivity index (χ0) is 17.7. The molecule has 1 atom stereocenters. The maximum Gasteiger partial charge on any atom is 0.233 e. The summed E-state index contributed by atoms with van der Waals surface area (Å²) < 4.78 is 29.2. The standard InChI is InChI=1S/C17H13F2N7/c18-10-2-1-4-26-13(10)6-12(24-26)17-16-11(21-9-22-16)3-5-25(17)15-8-20-7-14(19)23-15/h1-2,4,6-9,17H,3,5H2,(H,21,22)/t17-/m0/s1. The normalized spacial score (nSPS) is 16.8. The van der Waals surface area contributed by atoms with Gasteiger partial charge in [-0.15, -0.1) is 0 Å². The largest absolute Gasteiger partial charge is 0.348 e. The topological polar surface area (TPSA) is 75.0 Å². The molecule has 0 bridgehead atoms. The van der Waals surface area contributed by atoms with Crippen molar-refractivity contribution in [3.63, 3.8) is 0 Å². The van der Waals surface area contributed by atoms with E-state index in [0.29, 0.717) is 30.0 Å². The first kappa shape index (κ1) is 14.9. The van der Waals surface area contributed by atoms with Gasteiger partial charge >= 0.3 is 0 Å². The average molecular weight is 353 g/mol.